The van der Waals surface area contributed by atoms with Gasteiger partial charge in [0.25, 0.3) is 0 Å². The van der Waals surface area contributed by atoms with Crippen molar-refractivity contribution in [3.8, 4) is 0 Å². The van der Waals surface area contributed by atoms with Crippen LogP contribution in [0.4, 0.5) is 0 Å². The van der Waals surface area contributed by atoms with Crippen molar-refractivity contribution in [1.29, 1.82) is 0 Å². The van der Waals surface area contributed by atoms with E-state index in [1.54, 1.807) is 6.20 Å². The molecule has 1 aromatic heterocycles. The molecule has 2 rings (SSSR count). The van der Waals surface area contributed by atoms with Gasteiger partial charge in [-0.15, -0.1) is 0 Å². The van der Waals surface area contributed by atoms with Gasteiger partial charge < -0.3 is 5.11 Å². The molecule has 1 aromatic rings. The van der Waals surface area contributed by atoms with Gasteiger partial charge in [-0.25, -0.2) is 0 Å². The van der Waals surface area contributed by atoms with E-state index in [1.165, 1.54) is 0 Å². The molecule has 3 heteroatoms. The molecule has 70 valence electrons. The highest BCUT2D eigenvalue weighted by Gasteiger charge is 2.48. The first-order valence-electron chi connectivity index (χ1n) is 4.44. The Morgan fingerprint density at radius 1 is 1.54 bits per heavy atom. The lowest BCUT2D eigenvalue weighted by molar-refractivity contribution is 0.150. The van der Waals surface area contributed by atoms with Gasteiger partial charge in [0, 0.05) is 22.3 Å². The van der Waals surface area contributed by atoms with E-state index in [9.17, 15) is 5.11 Å². The standard InChI is InChI=1S/C10H12BrNO/c1-7(13)10(2-3-10)8-4-9(11)6-12-5-8/h4-7,13H,2-3H2,1H3. The minimum Gasteiger partial charge on any atom is -0.392 e. The van der Waals surface area contributed by atoms with Crippen LogP contribution in [-0.2, 0) is 5.41 Å². The van der Waals surface area contributed by atoms with Crippen molar-refractivity contribution in [1.82, 2.24) is 4.98 Å². The normalized spacial score (nSPS) is 21.2. The Balaban J connectivity index is 2.35. The van der Waals surface area contributed by atoms with Crippen molar-refractivity contribution in [2.45, 2.75) is 31.3 Å². The summed E-state index contributed by atoms with van der Waals surface area (Å²) in [5, 5.41) is 9.64. The smallest absolute Gasteiger partial charge is 0.0609 e. The number of aromatic nitrogens is 1. The van der Waals surface area contributed by atoms with E-state index in [2.05, 4.69) is 20.9 Å². The van der Waals surface area contributed by atoms with Crippen LogP contribution in [0.2, 0.25) is 0 Å². The first kappa shape index (κ1) is 9.16. The Labute approximate surface area is 86.1 Å². The minimum atomic E-state index is -0.274. The average molecular weight is 242 g/mol. The number of aliphatic hydroxyl groups is 1. The highest BCUT2D eigenvalue weighted by atomic mass is 79.9. The SMILES string of the molecule is CC(O)C1(c2cncc(Br)c2)CC1. The number of halogens is 1. The van der Waals surface area contributed by atoms with Crippen LogP contribution in [0.3, 0.4) is 0 Å². The van der Waals surface area contributed by atoms with Gasteiger partial charge in [0.15, 0.2) is 0 Å². The second-order valence-electron chi connectivity index (χ2n) is 3.72. The zero-order valence-electron chi connectivity index (χ0n) is 7.50. The predicted molar refractivity (Wildman–Crippen MR) is 54.5 cm³/mol. The number of rotatable bonds is 2. The van der Waals surface area contributed by atoms with Crippen molar-refractivity contribution in [3.05, 3.63) is 28.5 Å². The van der Waals surface area contributed by atoms with Crippen LogP contribution in [0.15, 0.2) is 22.9 Å². The van der Waals surface area contributed by atoms with E-state index >= 15 is 0 Å². The molecule has 1 N–H and O–H groups in total. The third-order valence-corrected chi connectivity index (χ3v) is 3.30. The summed E-state index contributed by atoms with van der Waals surface area (Å²) >= 11 is 3.39. The third-order valence-electron chi connectivity index (χ3n) is 2.87. The van der Waals surface area contributed by atoms with Gasteiger partial charge in [-0.2, -0.15) is 0 Å². The quantitative estimate of drug-likeness (QED) is 0.862. The van der Waals surface area contributed by atoms with E-state index in [0.717, 1.165) is 22.9 Å². The molecule has 0 aromatic carbocycles. The molecule has 1 saturated carbocycles. The summed E-state index contributed by atoms with van der Waals surface area (Å²) in [6, 6.07) is 2.05. The summed E-state index contributed by atoms with van der Waals surface area (Å²) in [5.41, 5.74) is 1.15. The van der Waals surface area contributed by atoms with Crippen molar-refractivity contribution in [3.63, 3.8) is 0 Å². The lowest BCUT2D eigenvalue weighted by atomic mass is 9.92. The third kappa shape index (κ3) is 1.51. The summed E-state index contributed by atoms with van der Waals surface area (Å²) in [6.45, 7) is 1.86. The van der Waals surface area contributed by atoms with E-state index in [-0.39, 0.29) is 11.5 Å². The van der Waals surface area contributed by atoms with Crippen LogP contribution in [0.1, 0.15) is 25.3 Å². The van der Waals surface area contributed by atoms with Gasteiger partial charge in [0.1, 0.15) is 0 Å². The topological polar surface area (TPSA) is 33.1 Å². The highest BCUT2D eigenvalue weighted by Crippen LogP contribution is 2.50. The maximum absolute atomic E-state index is 9.64. The summed E-state index contributed by atoms with van der Waals surface area (Å²) in [7, 11) is 0. The summed E-state index contributed by atoms with van der Waals surface area (Å²) < 4.78 is 0.983. The van der Waals surface area contributed by atoms with Crippen molar-refractivity contribution < 1.29 is 5.11 Å². The molecular weight excluding hydrogens is 230 g/mol. The molecule has 1 atom stereocenters. The molecule has 0 aliphatic heterocycles. The van der Waals surface area contributed by atoms with E-state index in [4.69, 9.17) is 0 Å². The number of hydrogen-bond acceptors (Lipinski definition) is 2. The highest BCUT2D eigenvalue weighted by molar-refractivity contribution is 9.10. The van der Waals surface area contributed by atoms with Crippen molar-refractivity contribution >= 4 is 15.9 Å². The van der Waals surface area contributed by atoms with Gasteiger partial charge in [-0.3, -0.25) is 4.98 Å². The van der Waals surface area contributed by atoms with E-state index in [1.807, 2.05) is 19.2 Å². The van der Waals surface area contributed by atoms with Gasteiger partial charge in [-0.05, 0) is 47.3 Å². The second kappa shape index (κ2) is 3.07. The fourth-order valence-electron chi connectivity index (χ4n) is 1.77. The minimum absolute atomic E-state index is 0.00319. The first-order chi connectivity index (χ1) is 6.15. The molecule has 1 heterocycles. The van der Waals surface area contributed by atoms with Gasteiger partial charge in [0.2, 0.25) is 0 Å². The van der Waals surface area contributed by atoms with Crippen LogP contribution in [0, 0.1) is 0 Å². The Bertz CT molecular complexity index is 320. The van der Waals surface area contributed by atoms with Crippen molar-refractivity contribution in [2.24, 2.45) is 0 Å². The summed E-state index contributed by atoms with van der Waals surface area (Å²) in [6.07, 6.45) is 5.49. The summed E-state index contributed by atoms with van der Waals surface area (Å²) in [5.74, 6) is 0. The number of pyridine rings is 1. The molecule has 1 fully saturated rings. The maximum atomic E-state index is 9.64. The second-order valence-corrected chi connectivity index (χ2v) is 4.64. The Kier molecular flexibility index (Phi) is 2.16. The molecular formula is C10H12BrNO. The lowest BCUT2D eigenvalue weighted by Crippen LogP contribution is -2.22. The largest absolute Gasteiger partial charge is 0.392 e. The molecule has 0 radical (unpaired) electrons. The monoisotopic (exact) mass is 241 g/mol. The molecule has 0 bridgehead atoms. The molecule has 1 aliphatic carbocycles. The Morgan fingerprint density at radius 3 is 2.69 bits per heavy atom. The van der Waals surface area contributed by atoms with E-state index in [0.29, 0.717) is 0 Å². The van der Waals surface area contributed by atoms with Crippen LogP contribution in [-0.4, -0.2) is 16.2 Å². The van der Waals surface area contributed by atoms with Crippen LogP contribution in [0.25, 0.3) is 0 Å². The molecule has 2 nitrogen and oxygen atoms in total. The fourth-order valence-corrected chi connectivity index (χ4v) is 2.13. The molecule has 1 unspecified atom stereocenters. The fraction of sp³-hybridized carbons (Fsp3) is 0.500. The van der Waals surface area contributed by atoms with Crippen LogP contribution < -0.4 is 0 Å². The number of nitrogens with zero attached hydrogens (tertiary/aromatic N) is 1. The van der Waals surface area contributed by atoms with Gasteiger partial charge >= 0.3 is 0 Å². The summed E-state index contributed by atoms with van der Waals surface area (Å²) in [4.78, 5) is 4.11. The first-order valence-corrected chi connectivity index (χ1v) is 5.23. The molecule has 13 heavy (non-hydrogen) atoms. The molecule has 1 aliphatic rings. The predicted octanol–water partition coefficient (Wildman–Crippen LogP) is 2.26. The maximum Gasteiger partial charge on any atom is 0.0609 e. The molecule has 0 saturated heterocycles. The van der Waals surface area contributed by atoms with Crippen LogP contribution >= 0.6 is 15.9 Å². The zero-order chi connectivity index (χ0) is 9.47. The van der Waals surface area contributed by atoms with Gasteiger partial charge in [-0.1, -0.05) is 0 Å². The Morgan fingerprint density at radius 2 is 2.23 bits per heavy atom. The van der Waals surface area contributed by atoms with Crippen LogP contribution in [0.5, 0.6) is 0 Å². The molecule has 0 spiro atoms. The number of hydrogen-bond donors (Lipinski definition) is 1. The molecule has 0 amide bonds. The Hall–Kier alpha value is -0.410. The average Bonchev–Trinajstić information content (AvgIpc) is 2.83. The zero-order valence-corrected chi connectivity index (χ0v) is 9.08. The van der Waals surface area contributed by atoms with E-state index < -0.39 is 0 Å². The number of aliphatic hydroxyl groups excluding tert-OH is 1. The van der Waals surface area contributed by atoms with Gasteiger partial charge in [0.05, 0.1) is 6.10 Å². The van der Waals surface area contributed by atoms with Crippen molar-refractivity contribution in [2.75, 3.05) is 0 Å². The lowest BCUT2D eigenvalue weighted by Gasteiger charge is -2.18.